The maximum atomic E-state index is 12.4. The molecular formula is C17H18N6O8S. The Morgan fingerprint density at radius 3 is 2.81 bits per heavy atom. The van der Waals surface area contributed by atoms with Gasteiger partial charge in [0.2, 0.25) is 0 Å². The fourth-order valence-electron chi connectivity index (χ4n) is 2.97. The number of imidazole rings is 1. The number of hydrogen-bond donors (Lipinski definition) is 5. The van der Waals surface area contributed by atoms with Crippen LogP contribution < -0.4 is 10.5 Å². The van der Waals surface area contributed by atoms with Gasteiger partial charge < -0.3 is 25.8 Å². The van der Waals surface area contributed by atoms with Crippen LogP contribution in [0.3, 0.4) is 0 Å². The summed E-state index contributed by atoms with van der Waals surface area (Å²) in [4.78, 5) is 24.2. The van der Waals surface area contributed by atoms with Crippen molar-refractivity contribution in [1.82, 2.24) is 24.2 Å². The van der Waals surface area contributed by atoms with Crippen LogP contribution in [0.15, 0.2) is 36.8 Å². The van der Waals surface area contributed by atoms with Gasteiger partial charge in [0.05, 0.1) is 24.0 Å². The number of phenols is 1. The number of aliphatic hydroxyl groups is 2. The minimum Gasteiger partial charge on any atom is -0.507 e. The topological polar surface area (TPSA) is 212 Å². The van der Waals surface area contributed by atoms with E-state index in [2.05, 4.69) is 19.1 Å². The van der Waals surface area contributed by atoms with E-state index in [1.165, 1.54) is 15.6 Å². The molecule has 170 valence electrons. The normalized spacial score (nSPS) is 25.2. The predicted molar refractivity (Wildman–Crippen MR) is 106 cm³/mol. The molecule has 14 nitrogen and oxygen atoms in total. The number of rotatable bonds is 6. The van der Waals surface area contributed by atoms with Crippen molar-refractivity contribution in [3.8, 4) is 5.75 Å². The van der Waals surface area contributed by atoms with Crippen molar-refractivity contribution < 1.29 is 42.9 Å². The monoisotopic (exact) mass is 470 g/mol. The van der Waals surface area contributed by atoms with E-state index >= 15 is 0 Å². The average molecular weight is 470 g/mol. The van der Waals surface area contributed by atoms with Crippen molar-refractivity contribution in [2.45, 2.75) is 24.5 Å². The summed E-state index contributed by atoms with van der Waals surface area (Å²) >= 11 is 0. The van der Waals surface area contributed by atoms with E-state index in [9.17, 15) is 28.5 Å². The van der Waals surface area contributed by atoms with Gasteiger partial charge >= 0.3 is 10.3 Å². The molecule has 1 saturated heterocycles. The predicted octanol–water partition coefficient (Wildman–Crippen LogP) is -1.58. The first-order chi connectivity index (χ1) is 16.8. The Morgan fingerprint density at radius 2 is 2.03 bits per heavy atom. The molecule has 0 saturated carbocycles. The average Bonchev–Trinajstić information content (AvgIpc) is 3.37. The summed E-state index contributed by atoms with van der Waals surface area (Å²) in [6, 6.07) is -3.61. The lowest BCUT2D eigenvalue weighted by atomic mass is 10.1. The van der Waals surface area contributed by atoms with Crippen LogP contribution in [-0.2, 0) is 19.2 Å². The Labute approximate surface area is 186 Å². The molecule has 0 radical (unpaired) electrons. The molecular weight excluding hydrogens is 448 g/mol. The smallest absolute Gasteiger partial charge is 0.362 e. The van der Waals surface area contributed by atoms with Crippen molar-refractivity contribution in [3.05, 3.63) is 42.4 Å². The lowest BCUT2D eigenvalue weighted by Gasteiger charge is -2.16. The van der Waals surface area contributed by atoms with E-state index < -0.39 is 82.8 Å². The lowest BCUT2D eigenvalue weighted by molar-refractivity contribution is -0.0468. The molecule has 2 aromatic heterocycles. The number of carbonyl (C=O) groups excluding carboxylic acids is 1. The number of anilines is 1. The number of benzene rings is 1. The molecule has 1 aliphatic heterocycles. The van der Waals surface area contributed by atoms with Crippen molar-refractivity contribution in [1.29, 1.82) is 0 Å². The maximum Gasteiger partial charge on any atom is 0.362 e. The zero-order chi connectivity index (χ0) is 26.5. The second-order valence-electron chi connectivity index (χ2n) is 6.52. The van der Waals surface area contributed by atoms with Gasteiger partial charge in [0.25, 0.3) is 5.91 Å². The van der Waals surface area contributed by atoms with Crippen LogP contribution >= 0.6 is 0 Å². The number of carbonyl (C=O) groups is 1. The van der Waals surface area contributed by atoms with Crippen molar-refractivity contribution in [2.24, 2.45) is 0 Å². The third-order valence-corrected chi connectivity index (χ3v) is 5.38. The second kappa shape index (κ2) is 8.29. The Bertz CT molecular complexity index is 1440. The molecule has 15 heteroatoms. The van der Waals surface area contributed by atoms with Gasteiger partial charge in [0, 0.05) is 0 Å². The van der Waals surface area contributed by atoms with Crippen LogP contribution in [0.2, 0.25) is 0 Å². The number of hydrogen-bond acceptors (Lipinski definition) is 12. The first-order valence-corrected chi connectivity index (χ1v) is 10.2. The fourth-order valence-corrected chi connectivity index (χ4v) is 3.68. The summed E-state index contributed by atoms with van der Waals surface area (Å²) in [6.07, 6.45) is -3.50. The van der Waals surface area contributed by atoms with E-state index in [1.807, 2.05) is 0 Å². The highest BCUT2D eigenvalue weighted by molar-refractivity contribution is 7.85. The van der Waals surface area contributed by atoms with E-state index in [4.69, 9.17) is 16.0 Å². The summed E-state index contributed by atoms with van der Waals surface area (Å²) < 4.78 is 67.6. The number of nitrogens with two attached hydrogens (primary N) is 1. The number of nitrogen functional groups attached to an aromatic ring is 1. The van der Waals surface area contributed by atoms with Gasteiger partial charge in [-0.05, 0) is 12.1 Å². The van der Waals surface area contributed by atoms with Gasteiger partial charge in [-0.15, -0.1) is 0 Å². The number of ether oxygens (including phenoxy) is 1. The molecule has 32 heavy (non-hydrogen) atoms. The molecule has 1 aliphatic rings. The van der Waals surface area contributed by atoms with E-state index in [0.29, 0.717) is 0 Å². The zero-order valence-electron chi connectivity index (χ0n) is 19.8. The minimum atomic E-state index is -4.93. The SMILES string of the molecule is [2H]c1c([2H])c([2H])c(C(=O)NS(=O)(=O)OC[C@H]2O[C@@H](n3cnc4c(N)ncnc43)[C@H](O)[C@@H]2O)c(O)c1[2H]. The van der Waals surface area contributed by atoms with Gasteiger partial charge in [0.15, 0.2) is 17.7 Å². The third kappa shape index (κ3) is 4.06. The standard InChI is InChI=1S/C17H18N6O8S/c18-14-11-15(20-6-19-14)23(7-21-11)17-13(26)12(25)10(31-17)5-30-32(28,29)22-16(27)8-3-1-2-4-9(8)24/h1-4,6-7,10,12-13,17,24-26H,5H2,(H,22,27)(H2,18,19,20)/t10-,12-,13-,17-/m1/s1/i1D,2D,3D,4D. The Morgan fingerprint density at radius 1 is 1.28 bits per heavy atom. The van der Waals surface area contributed by atoms with Gasteiger partial charge in [-0.2, -0.15) is 8.42 Å². The van der Waals surface area contributed by atoms with Crippen LogP contribution in [0.5, 0.6) is 5.75 Å². The number of aromatic nitrogens is 4. The molecule has 0 unspecified atom stereocenters. The zero-order valence-corrected chi connectivity index (χ0v) is 16.6. The Hall–Kier alpha value is -3.37. The minimum absolute atomic E-state index is 0.0582. The molecule has 3 heterocycles. The van der Waals surface area contributed by atoms with Crippen LogP contribution in [-0.4, -0.2) is 74.1 Å². The van der Waals surface area contributed by atoms with Crippen molar-refractivity contribution in [2.75, 3.05) is 12.3 Å². The number of fused-ring (bicyclic) bond motifs is 1. The summed E-state index contributed by atoms with van der Waals surface area (Å²) in [5.74, 6) is -2.69. The molecule has 1 aromatic carbocycles. The third-order valence-electron chi connectivity index (χ3n) is 4.50. The quantitative estimate of drug-likeness (QED) is 0.276. The maximum absolute atomic E-state index is 12.4. The van der Waals surface area contributed by atoms with E-state index in [1.54, 1.807) is 0 Å². The molecule has 0 bridgehead atoms. The highest BCUT2D eigenvalue weighted by Gasteiger charge is 2.45. The molecule has 1 amide bonds. The first kappa shape index (κ1) is 17.2. The van der Waals surface area contributed by atoms with Crippen LogP contribution in [0.1, 0.15) is 22.1 Å². The molecule has 4 atom stereocenters. The van der Waals surface area contributed by atoms with Gasteiger partial charge in [-0.1, -0.05) is 12.1 Å². The molecule has 3 aromatic rings. The number of amides is 1. The van der Waals surface area contributed by atoms with E-state index in [0.717, 1.165) is 6.33 Å². The van der Waals surface area contributed by atoms with Crippen molar-refractivity contribution in [3.63, 3.8) is 0 Å². The highest BCUT2D eigenvalue weighted by Crippen LogP contribution is 2.32. The molecule has 4 rings (SSSR count). The number of nitrogens with zero attached hydrogens (tertiary/aromatic N) is 4. The summed E-state index contributed by atoms with van der Waals surface area (Å²) in [5.41, 5.74) is 5.08. The molecule has 0 spiro atoms. The summed E-state index contributed by atoms with van der Waals surface area (Å²) in [6.45, 7) is -0.875. The fraction of sp³-hybridized carbons (Fsp3) is 0.294. The largest absolute Gasteiger partial charge is 0.507 e. The lowest BCUT2D eigenvalue weighted by Crippen LogP contribution is -2.37. The van der Waals surface area contributed by atoms with Crippen molar-refractivity contribution >= 4 is 33.2 Å². The van der Waals surface area contributed by atoms with Crippen LogP contribution in [0, 0.1) is 0 Å². The van der Waals surface area contributed by atoms with Gasteiger partial charge in [-0.3, -0.25) is 13.5 Å². The number of phenolic OH excluding ortho intramolecular Hbond substituents is 1. The second-order valence-corrected chi connectivity index (χ2v) is 7.87. The number of nitrogens with one attached hydrogen (secondary N) is 1. The van der Waals surface area contributed by atoms with Crippen LogP contribution in [0.4, 0.5) is 5.82 Å². The molecule has 1 fully saturated rings. The van der Waals surface area contributed by atoms with Gasteiger partial charge in [0.1, 0.15) is 35.9 Å². The molecule has 6 N–H and O–H groups in total. The number of para-hydroxylation sites is 1. The number of aliphatic hydroxyl groups excluding tert-OH is 2. The first-order valence-electron chi connectivity index (χ1n) is 10.8. The molecule has 0 aliphatic carbocycles. The van der Waals surface area contributed by atoms with Crippen LogP contribution in [0.25, 0.3) is 11.2 Å². The summed E-state index contributed by atoms with van der Waals surface area (Å²) in [5, 5.41) is 30.7. The Balaban J connectivity index is 1.47. The van der Waals surface area contributed by atoms with E-state index in [-0.39, 0.29) is 17.0 Å². The van der Waals surface area contributed by atoms with Gasteiger partial charge in [-0.25, -0.2) is 19.7 Å². The Kier molecular flexibility index (Phi) is 4.46. The highest BCUT2D eigenvalue weighted by atomic mass is 32.2. The summed E-state index contributed by atoms with van der Waals surface area (Å²) in [7, 11) is -4.93. The number of aromatic hydroxyl groups is 1.